The molecule has 3 aromatic rings. The van der Waals surface area contributed by atoms with Crippen molar-refractivity contribution in [3.8, 4) is 11.3 Å². The van der Waals surface area contributed by atoms with E-state index < -0.39 is 11.6 Å². The normalized spacial score (nSPS) is 26.6. The second-order valence-electron chi connectivity index (χ2n) is 9.76. The SMILES string of the molecule is CC1(O)CCC([C@H](N)C(=O)N2CCC[C@H]2c2nc(-c3ccc(F)c4ccccc34)cs2)CC1. The van der Waals surface area contributed by atoms with Crippen LogP contribution in [0, 0.1) is 11.7 Å². The molecule has 3 N–H and O–H groups in total. The Morgan fingerprint density at radius 1 is 1.21 bits per heavy atom. The third-order valence-corrected chi connectivity index (χ3v) is 8.34. The number of aliphatic hydroxyl groups is 1. The lowest BCUT2D eigenvalue weighted by molar-refractivity contribution is -0.135. The van der Waals surface area contributed by atoms with Gasteiger partial charge in [0.05, 0.1) is 23.4 Å². The number of hydrogen-bond donors (Lipinski definition) is 2. The third kappa shape index (κ3) is 4.29. The molecule has 2 aromatic carbocycles. The topological polar surface area (TPSA) is 79.5 Å². The molecule has 2 heterocycles. The number of carbonyl (C=O) groups excluding carboxylic acids is 1. The zero-order valence-electron chi connectivity index (χ0n) is 18.8. The van der Waals surface area contributed by atoms with Crippen LogP contribution in [0.1, 0.15) is 56.5 Å². The molecule has 1 saturated carbocycles. The molecular weight excluding hydrogens is 437 g/mol. The monoisotopic (exact) mass is 467 g/mol. The highest BCUT2D eigenvalue weighted by atomic mass is 32.1. The first kappa shape index (κ1) is 22.4. The maximum Gasteiger partial charge on any atom is 0.240 e. The van der Waals surface area contributed by atoms with Gasteiger partial charge in [0.15, 0.2) is 0 Å². The first-order valence-electron chi connectivity index (χ1n) is 11.8. The molecule has 33 heavy (non-hydrogen) atoms. The Morgan fingerprint density at radius 2 is 1.94 bits per heavy atom. The van der Waals surface area contributed by atoms with Crippen LogP contribution in [0.25, 0.3) is 22.0 Å². The molecule has 2 fully saturated rings. The molecule has 174 valence electrons. The van der Waals surface area contributed by atoms with Gasteiger partial charge in [-0.15, -0.1) is 11.3 Å². The standard InChI is InChI=1S/C26H30FN3O2S/c1-26(32)12-10-16(11-13-26)23(28)25(31)30-14-4-7-22(30)24-29-21(15-33-24)19-8-9-20(27)18-6-3-2-5-17(18)19/h2-3,5-6,8-9,15-16,22-23,32H,4,7,10-14,28H2,1H3/t16?,22-,23-,26?/m0/s1. The Balaban J connectivity index is 1.36. The molecule has 5 rings (SSSR count). The summed E-state index contributed by atoms with van der Waals surface area (Å²) in [6.45, 7) is 2.55. The van der Waals surface area contributed by atoms with Crippen LogP contribution in [-0.4, -0.2) is 39.1 Å². The smallest absolute Gasteiger partial charge is 0.240 e. The average Bonchev–Trinajstić information content (AvgIpc) is 3.48. The second-order valence-corrected chi connectivity index (χ2v) is 10.7. The number of carbonyl (C=O) groups is 1. The number of benzene rings is 2. The number of thiazole rings is 1. The molecule has 7 heteroatoms. The summed E-state index contributed by atoms with van der Waals surface area (Å²) in [7, 11) is 0. The molecule has 1 saturated heterocycles. The number of halogens is 1. The molecule has 0 bridgehead atoms. The second kappa shape index (κ2) is 8.78. The lowest BCUT2D eigenvalue weighted by Gasteiger charge is -2.37. The number of fused-ring (bicyclic) bond motifs is 1. The van der Waals surface area contributed by atoms with Crippen LogP contribution in [0.3, 0.4) is 0 Å². The first-order valence-corrected chi connectivity index (χ1v) is 12.6. The van der Waals surface area contributed by atoms with E-state index in [0.717, 1.165) is 47.3 Å². The van der Waals surface area contributed by atoms with E-state index in [2.05, 4.69) is 0 Å². The van der Waals surface area contributed by atoms with Gasteiger partial charge in [-0.2, -0.15) is 0 Å². The molecule has 2 aliphatic rings. The van der Waals surface area contributed by atoms with Crippen LogP contribution in [0.15, 0.2) is 41.8 Å². The maximum atomic E-state index is 14.3. The number of rotatable bonds is 4. The van der Waals surface area contributed by atoms with Gasteiger partial charge in [-0.25, -0.2) is 9.37 Å². The Hall–Kier alpha value is -2.35. The van der Waals surface area contributed by atoms with E-state index >= 15 is 0 Å². The maximum absolute atomic E-state index is 14.3. The number of nitrogens with two attached hydrogens (primary N) is 1. The fourth-order valence-corrected chi connectivity index (χ4v) is 6.32. The van der Waals surface area contributed by atoms with Crippen molar-refractivity contribution in [2.45, 2.75) is 63.1 Å². The lowest BCUT2D eigenvalue weighted by atomic mass is 9.76. The molecule has 1 aliphatic heterocycles. The number of nitrogens with zero attached hydrogens (tertiary/aromatic N) is 2. The molecule has 1 aliphatic carbocycles. The minimum atomic E-state index is -0.642. The highest BCUT2D eigenvalue weighted by Crippen LogP contribution is 2.39. The van der Waals surface area contributed by atoms with Crippen LogP contribution >= 0.6 is 11.3 Å². The molecule has 1 amide bonds. The van der Waals surface area contributed by atoms with Gasteiger partial charge in [-0.05, 0) is 68.9 Å². The van der Waals surface area contributed by atoms with Gasteiger partial charge in [0, 0.05) is 22.9 Å². The van der Waals surface area contributed by atoms with Crippen LogP contribution in [0.4, 0.5) is 4.39 Å². The fraction of sp³-hybridized carbons (Fsp3) is 0.462. The van der Waals surface area contributed by atoms with Crippen LogP contribution in [0.5, 0.6) is 0 Å². The summed E-state index contributed by atoms with van der Waals surface area (Å²) in [6, 6.07) is 10.1. The zero-order valence-corrected chi connectivity index (χ0v) is 19.7. The zero-order chi connectivity index (χ0) is 23.2. The predicted octanol–water partition coefficient (Wildman–Crippen LogP) is 5.03. The minimum Gasteiger partial charge on any atom is -0.390 e. The fourth-order valence-electron chi connectivity index (χ4n) is 5.35. The molecule has 2 atom stereocenters. The summed E-state index contributed by atoms with van der Waals surface area (Å²) in [4.78, 5) is 20.2. The first-order chi connectivity index (χ1) is 15.8. The largest absolute Gasteiger partial charge is 0.390 e. The van der Waals surface area contributed by atoms with Gasteiger partial charge in [-0.3, -0.25) is 4.79 Å². The van der Waals surface area contributed by atoms with Gasteiger partial charge in [0.1, 0.15) is 10.8 Å². The number of aromatic nitrogens is 1. The quantitative estimate of drug-likeness (QED) is 0.564. The Kier molecular flexibility index (Phi) is 5.97. The summed E-state index contributed by atoms with van der Waals surface area (Å²) in [5.41, 5.74) is 7.52. The van der Waals surface area contributed by atoms with Crippen LogP contribution in [-0.2, 0) is 4.79 Å². The Morgan fingerprint density at radius 3 is 2.70 bits per heavy atom. The van der Waals surface area contributed by atoms with E-state index in [4.69, 9.17) is 10.7 Å². The number of likely N-dealkylation sites (tertiary alicyclic amines) is 1. The van der Waals surface area contributed by atoms with Gasteiger partial charge in [0.25, 0.3) is 0 Å². The minimum absolute atomic E-state index is 0.00646. The molecule has 1 aromatic heterocycles. The van der Waals surface area contributed by atoms with Crippen molar-refractivity contribution in [1.29, 1.82) is 0 Å². The highest BCUT2D eigenvalue weighted by molar-refractivity contribution is 7.10. The molecule has 5 nitrogen and oxygen atoms in total. The third-order valence-electron chi connectivity index (χ3n) is 7.39. The van der Waals surface area contributed by atoms with E-state index in [1.165, 1.54) is 6.07 Å². The molecule has 0 radical (unpaired) electrons. The summed E-state index contributed by atoms with van der Waals surface area (Å²) in [6.07, 6.45) is 4.72. The van der Waals surface area contributed by atoms with Crippen molar-refractivity contribution in [2.75, 3.05) is 6.54 Å². The molecule has 0 spiro atoms. The van der Waals surface area contributed by atoms with Crippen LogP contribution in [0.2, 0.25) is 0 Å². The Bertz CT molecular complexity index is 1170. The van der Waals surface area contributed by atoms with E-state index in [1.807, 2.05) is 35.4 Å². The van der Waals surface area contributed by atoms with E-state index in [-0.39, 0.29) is 23.7 Å². The van der Waals surface area contributed by atoms with Crippen molar-refractivity contribution in [2.24, 2.45) is 11.7 Å². The van der Waals surface area contributed by atoms with Gasteiger partial charge >= 0.3 is 0 Å². The van der Waals surface area contributed by atoms with E-state index in [9.17, 15) is 14.3 Å². The summed E-state index contributed by atoms with van der Waals surface area (Å²) >= 11 is 1.55. The summed E-state index contributed by atoms with van der Waals surface area (Å²) in [5, 5.41) is 14.6. The Labute approximate surface area is 197 Å². The van der Waals surface area contributed by atoms with Crippen molar-refractivity contribution < 1.29 is 14.3 Å². The predicted molar refractivity (Wildman–Crippen MR) is 129 cm³/mol. The lowest BCUT2D eigenvalue weighted by Crippen LogP contribution is -2.49. The van der Waals surface area contributed by atoms with Crippen molar-refractivity contribution in [3.63, 3.8) is 0 Å². The summed E-state index contributed by atoms with van der Waals surface area (Å²) < 4.78 is 14.3. The summed E-state index contributed by atoms with van der Waals surface area (Å²) in [5.74, 6) is -0.139. The van der Waals surface area contributed by atoms with Gasteiger partial charge in [-0.1, -0.05) is 24.3 Å². The van der Waals surface area contributed by atoms with E-state index in [0.29, 0.717) is 24.8 Å². The average molecular weight is 468 g/mol. The van der Waals surface area contributed by atoms with Gasteiger partial charge in [0.2, 0.25) is 5.91 Å². The van der Waals surface area contributed by atoms with E-state index in [1.54, 1.807) is 23.5 Å². The highest BCUT2D eigenvalue weighted by Gasteiger charge is 2.39. The van der Waals surface area contributed by atoms with Crippen molar-refractivity contribution >= 4 is 28.0 Å². The molecular formula is C26H30FN3O2S. The van der Waals surface area contributed by atoms with Crippen molar-refractivity contribution in [1.82, 2.24) is 9.88 Å². The molecule has 0 unspecified atom stereocenters. The number of hydrogen-bond acceptors (Lipinski definition) is 5. The van der Waals surface area contributed by atoms with Gasteiger partial charge < -0.3 is 15.7 Å². The van der Waals surface area contributed by atoms with Crippen LogP contribution < -0.4 is 5.73 Å². The number of amides is 1. The van der Waals surface area contributed by atoms with Crippen molar-refractivity contribution in [3.05, 3.63) is 52.6 Å².